The summed E-state index contributed by atoms with van der Waals surface area (Å²) < 4.78 is 20.9. The van der Waals surface area contributed by atoms with Gasteiger partial charge in [-0.2, -0.15) is 15.3 Å². The maximum Gasteiger partial charge on any atom is 0.152 e. The van der Waals surface area contributed by atoms with Crippen LogP contribution in [0.25, 0.3) is 16.9 Å². The van der Waals surface area contributed by atoms with Crippen molar-refractivity contribution in [1.29, 1.82) is 0 Å². The number of nitrogens with zero attached hydrogens (tertiary/aromatic N) is 7. The Morgan fingerprint density at radius 3 is 2.78 bits per heavy atom. The molecule has 1 aromatic carbocycles. The molecule has 162 valence electrons. The van der Waals surface area contributed by atoms with Crippen LogP contribution in [0.3, 0.4) is 0 Å². The summed E-state index contributed by atoms with van der Waals surface area (Å²) in [5, 5.41) is 12.9. The molecule has 0 saturated carbocycles. The second-order valence-electron chi connectivity index (χ2n) is 7.49. The van der Waals surface area contributed by atoms with Gasteiger partial charge in [0.1, 0.15) is 17.7 Å². The molecule has 4 heterocycles. The predicted molar refractivity (Wildman–Crippen MR) is 114 cm³/mol. The van der Waals surface area contributed by atoms with Crippen molar-refractivity contribution in [1.82, 2.24) is 29.8 Å². The standard InChI is InChI=1S/C22H20FN7O2/c1-15-8-16(14-31)22(30-25-4-5-26-30)20(9-15)29-6-7-32-21(29)13-28-12-17(10-27-28)19-3-2-18(23)11-24-19/h2-5,8-12,14,21H,6-7,13H2,1H3. The van der Waals surface area contributed by atoms with Crippen LogP contribution in [0.5, 0.6) is 0 Å². The second-order valence-corrected chi connectivity index (χ2v) is 7.49. The first-order valence-electron chi connectivity index (χ1n) is 10.1. The summed E-state index contributed by atoms with van der Waals surface area (Å²) in [6.07, 6.45) is 8.38. The summed E-state index contributed by atoms with van der Waals surface area (Å²) >= 11 is 0. The molecule has 0 aliphatic carbocycles. The van der Waals surface area contributed by atoms with E-state index in [1.54, 1.807) is 29.3 Å². The average molecular weight is 433 g/mol. The van der Waals surface area contributed by atoms with E-state index in [0.717, 1.165) is 23.1 Å². The van der Waals surface area contributed by atoms with E-state index >= 15 is 0 Å². The maximum atomic E-state index is 13.2. The van der Waals surface area contributed by atoms with Crippen LogP contribution < -0.4 is 4.90 Å². The summed E-state index contributed by atoms with van der Waals surface area (Å²) in [7, 11) is 0. The molecule has 0 N–H and O–H groups in total. The van der Waals surface area contributed by atoms with Crippen molar-refractivity contribution in [2.45, 2.75) is 19.7 Å². The lowest BCUT2D eigenvalue weighted by Crippen LogP contribution is -2.35. The molecule has 9 nitrogen and oxygen atoms in total. The minimum absolute atomic E-state index is 0.306. The molecule has 32 heavy (non-hydrogen) atoms. The number of aromatic nitrogens is 6. The van der Waals surface area contributed by atoms with Gasteiger partial charge in [-0.1, -0.05) is 0 Å². The van der Waals surface area contributed by atoms with Gasteiger partial charge >= 0.3 is 0 Å². The van der Waals surface area contributed by atoms with Crippen LogP contribution in [-0.2, 0) is 11.3 Å². The summed E-state index contributed by atoms with van der Waals surface area (Å²) in [4.78, 5) is 19.5. The minimum atomic E-state index is -0.383. The van der Waals surface area contributed by atoms with Gasteiger partial charge in [0.15, 0.2) is 6.29 Å². The van der Waals surface area contributed by atoms with Crippen molar-refractivity contribution in [3.8, 4) is 16.9 Å². The Hall–Kier alpha value is -3.92. The first-order chi connectivity index (χ1) is 15.6. The molecule has 0 spiro atoms. The summed E-state index contributed by atoms with van der Waals surface area (Å²) in [5.74, 6) is -0.383. The Morgan fingerprint density at radius 2 is 2.03 bits per heavy atom. The Labute approximate surface area is 183 Å². The van der Waals surface area contributed by atoms with Gasteiger partial charge in [-0.15, -0.1) is 4.80 Å². The van der Waals surface area contributed by atoms with Gasteiger partial charge in [0, 0.05) is 23.9 Å². The van der Waals surface area contributed by atoms with Crippen LogP contribution in [0.1, 0.15) is 15.9 Å². The first-order valence-corrected chi connectivity index (χ1v) is 10.1. The van der Waals surface area contributed by atoms with Gasteiger partial charge in [0.05, 0.1) is 49.3 Å². The highest BCUT2D eigenvalue weighted by Crippen LogP contribution is 2.32. The molecule has 1 saturated heterocycles. The minimum Gasteiger partial charge on any atom is -0.355 e. The molecule has 1 fully saturated rings. The molecule has 4 aromatic rings. The molecule has 1 atom stereocenters. The van der Waals surface area contributed by atoms with Crippen LogP contribution in [-0.4, -0.2) is 55.4 Å². The average Bonchev–Trinajstić information content (AvgIpc) is 3.56. The highest BCUT2D eigenvalue weighted by atomic mass is 19.1. The van der Waals surface area contributed by atoms with E-state index in [2.05, 4.69) is 25.2 Å². The van der Waals surface area contributed by atoms with Crippen molar-refractivity contribution < 1.29 is 13.9 Å². The molecular formula is C22H20FN7O2. The first kappa shape index (κ1) is 20.0. The van der Waals surface area contributed by atoms with Crippen molar-refractivity contribution in [2.24, 2.45) is 0 Å². The Balaban J connectivity index is 1.45. The zero-order valence-electron chi connectivity index (χ0n) is 17.3. The smallest absolute Gasteiger partial charge is 0.152 e. The SMILES string of the molecule is Cc1cc(C=O)c(-n2nccn2)c(N2CCOC2Cn2cc(-c3ccc(F)cn3)cn2)c1. The number of benzene rings is 1. The topological polar surface area (TPSA) is 91.0 Å². The van der Waals surface area contributed by atoms with Crippen molar-refractivity contribution in [3.05, 3.63) is 72.2 Å². The molecule has 0 amide bonds. The molecule has 1 aliphatic rings. The van der Waals surface area contributed by atoms with E-state index in [4.69, 9.17) is 4.74 Å². The van der Waals surface area contributed by atoms with Gasteiger partial charge in [0.25, 0.3) is 0 Å². The summed E-state index contributed by atoms with van der Waals surface area (Å²) in [5.41, 5.74) is 4.32. The lowest BCUT2D eigenvalue weighted by molar-refractivity contribution is 0.0956. The fraction of sp³-hybridized carbons (Fsp3) is 0.227. The number of ether oxygens (including phenoxy) is 1. The number of anilines is 1. The van der Waals surface area contributed by atoms with E-state index in [9.17, 15) is 9.18 Å². The molecule has 0 radical (unpaired) electrons. The van der Waals surface area contributed by atoms with E-state index < -0.39 is 0 Å². The van der Waals surface area contributed by atoms with Crippen LogP contribution in [0.15, 0.2) is 55.2 Å². The van der Waals surface area contributed by atoms with Gasteiger partial charge in [-0.05, 0) is 36.8 Å². The monoisotopic (exact) mass is 433 g/mol. The van der Waals surface area contributed by atoms with Crippen molar-refractivity contribution >= 4 is 12.0 Å². The van der Waals surface area contributed by atoms with Gasteiger partial charge in [0.2, 0.25) is 0 Å². The molecule has 5 rings (SSSR count). The number of hydrogen-bond acceptors (Lipinski definition) is 7. The molecule has 3 aromatic heterocycles. The van der Waals surface area contributed by atoms with Crippen molar-refractivity contribution in [3.63, 3.8) is 0 Å². The van der Waals surface area contributed by atoms with Gasteiger partial charge in [-0.25, -0.2) is 4.39 Å². The third-order valence-corrected chi connectivity index (χ3v) is 5.31. The fourth-order valence-corrected chi connectivity index (χ4v) is 3.90. The number of aldehydes is 1. The molecule has 1 aliphatic heterocycles. The number of carbonyl (C=O) groups excluding carboxylic acids is 1. The quantitative estimate of drug-likeness (QED) is 0.432. The molecule has 10 heteroatoms. The zero-order chi connectivity index (χ0) is 22.1. The zero-order valence-corrected chi connectivity index (χ0v) is 17.3. The lowest BCUT2D eigenvalue weighted by Gasteiger charge is -2.27. The van der Waals surface area contributed by atoms with Crippen molar-refractivity contribution in [2.75, 3.05) is 18.1 Å². The number of carbonyl (C=O) groups is 1. The van der Waals surface area contributed by atoms with Crippen LogP contribution in [0.4, 0.5) is 10.1 Å². The Kier molecular flexibility index (Phi) is 5.20. The molecule has 1 unspecified atom stereocenters. The Morgan fingerprint density at radius 1 is 1.19 bits per heavy atom. The number of rotatable bonds is 6. The third-order valence-electron chi connectivity index (χ3n) is 5.31. The van der Waals surface area contributed by atoms with E-state index in [0.29, 0.717) is 36.6 Å². The second kappa shape index (κ2) is 8.31. The number of pyridine rings is 1. The highest BCUT2D eigenvalue weighted by Gasteiger charge is 2.30. The third kappa shape index (κ3) is 3.76. The van der Waals surface area contributed by atoms with Crippen LogP contribution in [0, 0.1) is 12.7 Å². The van der Waals surface area contributed by atoms with Crippen LogP contribution in [0.2, 0.25) is 0 Å². The van der Waals surface area contributed by atoms with Gasteiger partial charge in [-0.3, -0.25) is 14.5 Å². The molecule has 0 bridgehead atoms. The maximum absolute atomic E-state index is 13.2. The number of aryl methyl sites for hydroxylation is 1. The lowest BCUT2D eigenvalue weighted by atomic mass is 10.1. The highest BCUT2D eigenvalue weighted by molar-refractivity contribution is 5.86. The van der Waals surface area contributed by atoms with Gasteiger partial charge < -0.3 is 9.64 Å². The largest absolute Gasteiger partial charge is 0.355 e. The van der Waals surface area contributed by atoms with E-state index in [-0.39, 0.29) is 12.0 Å². The number of hydrogen-bond donors (Lipinski definition) is 0. The predicted octanol–water partition coefficient (Wildman–Crippen LogP) is 2.65. The van der Waals surface area contributed by atoms with Crippen LogP contribution >= 0.6 is 0 Å². The van der Waals surface area contributed by atoms with E-state index in [1.165, 1.54) is 17.1 Å². The normalized spacial score (nSPS) is 15.9. The fourth-order valence-electron chi connectivity index (χ4n) is 3.90. The Bertz CT molecular complexity index is 1240. The molecular weight excluding hydrogens is 413 g/mol. The van der Waals surface area contributed by atoms with E-state index in [1.807, 2.05) is 25.3 Å². The summed E-state index contributed by atoms with van der Waals surface area (Å²) in [6, 6.07) is 6.81. The summed E-state index contributed by atoms with van der Waals surface area (Å²) in [6.45, 7) is 3.58. The number of halogens is 1.